The van der Waals surface area contributed by atoms with Gasteiger partial charge in [-0.3, -0.25) is 4.79 Å². The lowest BCUT2D eigenvalue weighted by Gasteiger charge is -2.11. The molecule has 0 aromatic heterocycles. The molecule has 1 aliphatic rings. The summed E-state index contributed by atoms with van der Waals surface area (Å²) in [7, 11) is 1.56. The molecule has 5 heteroatoms. The first-order valence-electron chi connectivity index (χ1n) is 6.98. The quantitative estimate of drug-likeness (QED) is 0.853. The third-order valence-corrected chi connectivity index (χ3v) is 4.68. The van der Waals surface area contributed by atoms with Crippen LogP contribution in [-0.4, -0.2) is 13.0 Å². The van der Waals surface area contributed by atoms with Crippen molar-refractivity contribution in [2.45, 2.75) is 12.8 Å². The zero-order valence-corrected chi connectivity index (χ0v) is 14.4. The van der Waals surface area contributed by atoms with Gasteiger partial charge in [0, 0.05) is 16.1 Å². The van der Waals surface area contributed by atoms with E-state index in [0.717, 1.165) is 17.3 Å². The van der Waals surface area contributed by atoms with Gasteiger partial charge in [0.15, 0.2) is 0 Å². The van der Waals surface area contributed by atoms with E-state index in [1.54, 1.807) is 25.3 Å². The van der Waals surface area contributed by atoms with E-state index in [2.05, 4.69) is 33.4 Å². The van der Waals surface area contributed by atoms with Crippen LogP contribution in [0.25, 0.3) is 0 Å². The molecule has 3 rings (SSSR count). The van der Waals surface area contributed by atoms with E-state index in [9.17, 15) is 4.79 Å². The number of amides is 1. The molecule has 0 radical (unpaired) electrons. The molecule has 1 unspecified atom stereocenters. The summed E-state index contributed by atoms with van der Waals surface area (Å²) in [5.74, 6) is 0.580. The second-order valence-electron chi connectivity index (χ2n) is 5.36. The number of nitrogens with one attached hydrogen (secondary N) is 1. The van der Waals surface area contributed by atoms with Gasteiger partial charge in [0.2, 0.25) is 5.91 Å². The molecule has 0 saturated heterocycles. The van der Waals surface area contributed by atoms with Crippen molar-refractivity contribution in [1.82, 2.24) is 0 Å². The Hall–Kier alpha value is -1.52. The van der Waals surface area contributed by atoms with Gasteiger partial charge in [-0.05, 0) is 54.3 Å². The van der Waals surface area contributed by atoms with Gasteiger partial charge in [-0.15, -0.1) is 0 Å². The molecule has 0 aliphatic heterocycles. The average Bonchev–Trinajstić information content (AvgIpc) is 2.90. The first-order chi connectivity index (χ1) is 10.6. The van der Waals surface area contributed by atoms with Gasteiger partial charge in [-0.1, -0.05) is 33.6 Å². The first kappa shape index (κ1) is 15.4. The van der Waals surface area contributed by atoms with E-state index in [0.29, 0.717) is 16.5 Å². The molecule has 0 bridgehead atoms. The summed E-state index contributed by atoms with van der Waals surface area (Å²) in [5, 5.41) is 3.42. The van der Waals surface area contributed by atoms with Crippen molar-refractivity contribution in [3.63, 3.8) is 0 Å². The molecular formula is C17H15BrClNO2. The van der Waals surface area contributed by atoms with Crippen LogP contribution in [0.15, 0.2) is 40.9 Å². The Kier molecular flexibility index (Phi) is 4.41. The summed E-state index contributed by atoms with van der Waals surface area (Å²) in [6.45, 7) is 0. The van der Waals surface area contributed by atoms with E-state index >= 15 is 0 Å². The summed E-state index contributed by atoms with van der Waals surface area (Å²) in [4.78, 5) is 12.4. The summed E-state index contributed by atoms with van der Waals surface area (Å²) < 4.78 is 6.16. The fourth-order valence-corrected chi connectivity index (χ4v) is 3.43. The van der Waals surface area contributed by atoms with Gasteiger partial charge >= 0.3 is 0 Å². The summed E-state index contributed by atoms with van der Waals surface area (Å²) in [6.07, 6.45) is 1.54. The third-order valence-electron chi connectivity index (χ3n) is 3.89. The number of fused-ring (bicyclic) bond motifs is 1. The molecule has 1 N–H and O–H groups in total. The van der Waals surface area contributed by atoms with Crippen molar-refractivity contribution in [2.24, 2.45) is 5.92 Å². The van der Waals surface area contributed by atoms with Crippen molar-refractivity contribution in [3.05, 3.63) is 57.0 Å². The summed E-state index contributed by atoms with van der Waals surface area (Å²) >= 11 is 9.55. The lowest BCUT2D eigenvalue weighted by molar-refractivity contribution is -0.119. The second kappa shape index (κ2) is 6.31. The van der Waals surface area contributed by atoms with Crippen molar-refractivity contribution < 1.29 is 9.53 Å². The number of benzene rings is 2. The van der Waals surface area contributed by atoms with E-state index in [1.165, 1.54) is 11.1 Å². The number of methoxy groups -OCH3 is 1. The van der Waals surface area contributed by atoms with Gasteiger partial charge in [0.05, 0.1) is 12.1 Å². The van der Waals surface area contributed by atoms with Crippen LogP contribution < -0.4 is 10.1 Å². The molecule has 2 aromatic rings. The van der Waals surface area contributed by atoms with Gasteiger partial charge in [0.1, 0.15) is 5.75 Å². The molecule has 0 saturated carbocycles. The van der Waals surface area contributed by atoms with Gasteiger partial charge in [-0.25, -0.2) is 0 Å². The van der Waals surface area contributed by atoms with Crippen molar-refractivity contribution in [1.29, 1.82) is 0 Å². The van der Waals surface area contributed by atoms with Crippen LogP contribution >= 0.6 is 27.5 Å². The molecule has 1 atom stereocenters. The molecule has 0 fully saturated rings. The Morgan fingerprint density at radius 3 is 2.73 bits per heavy atom. The van der Waals surface area contributed by atoms with Gasteiger partial charge < -0.3 is 10.1 Å². The number of anilines is 1. The maximum absolute atomic E-state index is 12.4. The minimum Gasteiger partial charge on any atom is -0.495 e. The highest BCUT2D eigenvalue weighted by molar-refractivity contribution is 9.10. The van der Waals surface area contributed by atoms with Crippen molar-refractivity contribution in [2.75, 3.05) is 12.4 Å². The number of hydrogen-bond acceptors (Lipinski definition) is 2. The topological polar surface area (TPSA) is 38.3 Å². The normalized spacial score (nSPS) is 16.2. The lowest BCUT2D eigenvalue weighted by Crippen LogP contribution is -2.23. The average molecular weight is 381 g/mol. The predicted octanol–water partition coefficient (Wildman–Crippen LogP) is 4.46. The smallest absolute Gasteiger partial charge is 0.228 e. The van der Waals surface area contributed by atoms with E-state index in [4.69, 9.17) is 16.3 Å². The Morgan fingerprint density at radius 1 is 1.23 bits per heavy atom. The van der Waals surface area contributed by atoms with Crippen molar-refractivity contribution in [3.8, 4) is 5.75 Å². The van der Waals surface area contributed by atoms with E-state index in [-0.39, 0.29) is 11.8 Å². The van der Waals surface area contributed by atoms with Crippen LogP contribution in [0, 0.1) is 5.92 Å². The van der Waals surface area contributed by atoms with Gasteiger partial charge in [0.25, 0.3) is 0 Å². The molecule has 0 spiro atoms. The molecule has 22 heavy (non-hydrogen) atoms. The fraction of sp³-hybridized carbons (Fsp3) is 0.235. The first-order valence-corrected chi connectivity index (χ1v) is 8.15. The van der Waals surface area contributed by atoms with Crippen LogP contribution in [0.3, 0.4) is 0 Å². The largest absolute Gasteiger partial charge is 0.495 e. The number of halogens is 2. The summed E-state index contributed by atoms with van der Waals surface area (Å²) in [5.41, 5.74) is 3.17. The molecule has 1 aliphatic carbocycles. The number of hydrogen-bond donors (Lipinski definition) is 1. The molecule has 2 aromatic carbocycles. The minimum absolute atomic E-state index is 0.0218. The number of rotatable bonds is 3. The Labute approximate surface area is 142 Å². The molecule has 0 heterocycles. The van der Waals surface area contributed by atoms with Crippen LogP contribution in [0.4, 0.5) is 5.69 Å². The zero-order valence-electron chi connectivity index (χ0n) is 12.0. The van der Waals surface area contributed by atoms with Crippen LogP contribution in [0.2, 0.25) is 5.02 Å². The van der Waals surface area contributed by atoms with Crippen LogP contribution in [0.5, 0.6) is 5.75 Å². The maximum Gasteiger partial charge on any atom is 0.228 e. The highest BCUT2D eigenvalue weighted by Crippen LogP contribution is 2.31. The molecule has 114 valence electrons. The maximum atomic E-state index is 12.4. The Bertz CT molecular complexity index is 733. The molecule has 1 amide bonds. The van der Waals surface area contributed by atoms with Crippen LogP contribution in [0.1, 0.15) is 11.1 Å². The molecular weight excluding hydrogens is 366 g/mol. The number of carbonyl (C=O) groups excluding carboxylic acids is 1. The number of ether oxygens (including phenoxy) is 1. The van der Waals surface area contributed by atoms with Gasteiger partial charge in [-0.2, -0.15) is 0 Å². The monoisotopic (exact) mass is 379 g/mol. The Morgan fingerprint density at radius 2 is 2.00 bits per heavy atom. The van der Waals surface area contributed by atoms with Crippen LogP contribution in [-0.2, 0) is 17.6 Å². The fourth-order valence-electron chi connectivity index (χ4n) is 2.76. The minimum atomic E-state index is -0.0369. The van der Waals surface area contributed by atoms with Crippen molar-refractivity contribution >= 4 is 39.1 Å². The Balaban J connectivity index is 1.70. The number of carbonyl (C=O) groups is 1. The predicted molar refractivity (Wildman–Crippen MR) is 91.7 cm³/mol. The lowest BCUT2D eigenvalue weighted by atomic mass is 10.1. The second-order valence-corrected chi connectivity index (χ2v) is 6.68. The zero-order chi connectivity index (χ0) is 15.7. The highest BCUT2D eigenvalue weighted by Gasteiger charge is 2.27. The molecule has 3 nitrogen and oxygen atoms in total. The third kappa shape index (κ3) is 3.13. The van der Waals surface area contributed by atoms with E-state index < -0.39 is 0 Å². The van der Waals surface area contributed by atoms with E-state index in [1.807, 2.05) is 6.07 Å². The highest BCUT2D eigenvalue weighted by atomic mass is 79.9. The standard InChI is InChI=1S/C17H15BrClNO2/c1-22-16-5-4-14(9-15(16)19)20-17(21)12-6-10-2-3-13(18)8-11(10)7-12/h2-5,8-9,12H,6-7H2,1H3,(H,20,21). The summed E-state index contributed by atoms with van der Waals surface area (Å²) in [6, 6.07) is 11.4. The SMILES string of the molecule is COc1ccc(NC(=O)C2Cc3ccc(Br)cc3C2)cc1Cl.